The molecule has 16 heavy (non-hydrogen) atoms. The van der Waals surface area contributed by atoms with Crippen LogP contribution in [-0.2, 0) is 4.79 Å². The van der Waals surface area contributed by atoms with Crippen LogP contribution in [0.4, 0.5) is 0 Å². The molecule has 1 aromatic rings. The highest BCUT2D eigenvalue weighted by molar-refractivity contribution is 8.03. The van der Waals surface area contributed by atoms with Gasteiger partial charge in [-0.3, -0.25) is 4.79 Å². The third kappa shape index (κ3) is 5.17. The number of carbonyl (C=O) groups is 1. The molecule has 1 aromatic carbocycles. The number of hydrogen-bond acceptors (Lipinski definition) is 2. The van der Waals surface area contributed by atoms with E-state index in [1.165, 1.54) is 4.90 Å². The molecule has 0 aromatic heterocycles. The monoisotopic (exact) mass is 234 g/mol. The molecule has 0 saturated carbocycles. The Balaban J connectivity index is 2.58. The highest BCUT2D eigenvalue weighted by Gasteiger charge is 2.02. The molecule has 0 radical (unpaired) electrons. The first kappa shape index (κ1) is 13.0. The molecule has 0 unspecified atom stereocenters. The summed E-state index contributed by atoms with van der Waals surface area (Å²) >= 11 is 1.69. The van der Waals surface area contributed by atoms with Crippen molar-refractivity contribution in [3.63, 3.8) is 0 Å². The summed E-state index contributed by atoms with van der Waals surface area (Å²) in [6.45, 7) is 4.40. The zero-order chi connectivity index (χ0) is 11.8. The van der Waals surface area contributed by atoms with Crippen LogP contribution < -0.4 is 0 Å². The Morgan fingerprint density at radius 1 is 1.31 bits per heavy atom. The summed E-state index contributed by atoms with van der Waals surface area (Å²) in [5.74, 6) is 0.673. The van der Waals surface area contributed by atoms with Crippen molar-refractivity contribution in [2.75, 3.05) is 0 Å². The molecule has 0 saturated heterocycles. The van der Waals surface area contributed by atoms with Gasteiger partial charge in [-0.1, -0.05) is 43.8 Å². The van der Waals surface area contributed by atoms with Gasteiger partial charge in [0.2, 0.25) is 0 Å². The minimum atomic E-state index is 0.673. The SMILES string of the molecule is CC(C)CC/C(=C\C=O)Sc1ccccc1. The van der Waals surface area contributed by atoms with E-state index >= 15 is 0 Å². The summed E-state index contributed by atoms with van der Waals surface area (Å²) < 4.78 is 0. The van der Waals surface area contributed by atoms with Crippen LogP contribution in [0.25, 0.3) is 0 Å². The number of hydrogen-bond donors (Lipinski definition) is 0. The van der Waals surface area contributed by atoms with E-state index in [2.05, 4.69) is 26.0 Å². The molecule has 0 bridgehead atoms. The topological polar surface area (TPSA) is 17.1 Å². The van der Waals surface area contributed by atoms with Crippen LogP contribution in [0.2, 0.25) is 0 Å². The van der Waals surface area contributed by atoms with E-state index in [9.17, 15) is 4.79 Å². The van der Waals surface area contributed by atoms with Gasteiger partial charge >= 0.3 is 0 Å². The third-order valence-corrected chi connectivity index (χ3v) is 3.32. The van der Waals surface area contributed by atoms with Gasteiger partial charge in [0.15, 0.2) is 0 Å². The van der Waals surface area contributed by atoms with E-state index in [1.807, 2.05) is 18.2 Å². The largest absolute Gasteiger partial charge is 0.299 e. The zero-order valence-corrected chi connectivity index (χ0v) is 10.7. The number of thioether (sulfide) groups is 1. The van der Waals surface area contributed by atoms with Crippen LogP contribution in [-0.4, -0.2) is 6.29 Å². The lowest BCUT2D eigenvalue weighted by atomic mass is 10.1. The van der Waals surface area contributed by atoms with Crippen molar-refractivity contribution in [1.82, 2.24) is 0 Å². The Labute approximate surface area is 102 Å². The molecule has 0 aliphatic rings. The first-order chi connectivity index (χ1) is 7.72. The van der Waals surface area contributed by atoms with Crippen LogP contribution >= 0.6 is 11.8 Å². The van der Waals surface area contributed by atoms with E-state index in [1.54, 1.807) is 17.8 Å². The minimum absolute atomic E-state index is 0.673. The average Bonchev–Trinajstić information content (AvgIpc) is 2.27. The Morgan fingerprint density at radius 2 is 2.00 bits per heavy atom. The molecule has 0 N–H and O–H groups in total. The Kier molecular flexibility index (Phi) is 5.94. The van der Waals surface area contributed by atoms with Crippen molar-refractivity contribution in [3.05, 3.63) is 41.3 Å². The maximum atomic E-state index is 10.6. The van der Waals surface area contributed by atoms with Crippen LogP contribution in [0.3, 0.4) is 0 Å². The summed E-state index contributed by atoms with van der Waals surface area (Å²) in [4.78, 5) is 12.9. The molecule has 2 heteroatoms. The number of carbonyl (C=O) groups excluding carboxylic acids is 1. The lowest BCUT2D eigenvalue weighted by Gasteiger charge is -2.08. The quantitative estimate of drug-likeness (QED) is 0.415. The fraction of sp³-hybridized carbons (Fsp3) is 0.357. The number of benzene rings is 1. The van der Waals surface area contributed by atoms with Crippen molar-refractivity contribution >= 4 is 18.0 Å². The second kappa shape index (κ2) is 7.29. The number of aldehydes is 1. The highest BCUT2D eigenvalue weighted by atomic mass is 32.2. The van der Waals surface area contributed by atoms with Crippen molar-refractivity contribution in [2.24, 2.45) is 5.92 Å². The van der Waals surface area contributed by atoms with Crippen LogP contribution in [0.5, 0.6) is 0 Å². The summed E-state index contributed by atoms with van der Waals surface area (Å²) in [7, 11) is 0. The van der Waals surface area contributed by atoms with Gasteiger partial charge in [-0.05, 0) is 41.9 Å². The first-order valence-corrected chi connectivity index (χ1v) is 6.41. The third-order valence-electron chi connectivity index (χ3n) is 2.21. The fourth-order valence-corrected chi connectivity index (χ4v) is 2.25. The normalized spacial score (nSPS) is 11.8. The van der Waals surface area contributed by atoms with Crippen LogP contribution in [0.1, 0.15) is 26.7 Å². The van der Waals surface area contributed by atoms with Crippen molar-refractivity contribution in [1.29, 1.82) is 0 Å². The fourth-order valence-electron chi connectivity index (χ4n) is 1.32. The second-order valence-corrected chi connectivity index (χ2v) is 5.32. The standard InChI is InChI=1S/C14H18OS/c1-12(2)8-9-14(10-11-15)16-13-6-4-3-5-7-13/h3-7,10-12H,8-9H2,1-2H3/b14-10+. The van der Waals surface area contributed by atoms with Gasteiger partial charge in [0, 0.05) is 4.90 Å². The second-order valence-electron chi connectivity index (χ2n) is 4.12. The summed E-state index contributed by atoms with van der Waals surface area (Å²) in [6.07, 6.45) is 4.67. The van der Waals surface area contributed by atoms with Gasteiger partial charge in [-0.15, -0.1) is 0 Å². The Morgan fingerprint density at radius 3 is 2.56 bits per heavy atom. The van der Waals surface area contributed by atoms with E-state index in [4.69, 9.17) is 0 Å². The predicted octanol–water partition coefficient (Wildman–Crippen LogP) is 4.30. The minimum Gasteiger partial charge on any atom is -0.299 e. The van der Waals surface area contributed by atoms with Gasteiger partial charge in [0.05, 0.1) is 0 Å². The Hall–Kier alpha value is -1.02. The van der Waals surface area contributed by atoms with Crippen molar-refractivity contribution in [2.45, 2.75) is 31.6 Å². The van der Waals surface area contributed by atoms with Gasteiger partial charge in [0.1, 0.15) is 6.29 Å². The smallest absolute Gasteiger partial charge is 0.143 e. The van der Waals surface area contributed by atoms with Crippen LogP contribution in [0.15, 0.2) is 46.2 Å². The number of allylic oxidation sites excluding steroid dienone is 2. The molecule has 0 amide bonds. The molecule has 0 heterocycles. The average molecular weight is 234 g/mol. The molecular weight excluding hydrogens is 216 g/mol. The van der Waals surface area contributed by atoms with E-state index < -0.39 is 0 Å². The molecule has 1 rings (SSSR count). The van der Waals surface area contributed by atoms with Gasteiger partial charge < -0.3 is 0 Å². The van der Waals surface area contributed by atoms with E-state index in [0.717, 1.165) is 24.0 Å². The molecule has 86 valence electrons. The predicted molar refractivity (Wildman–Crippen MR) is 70.5 cm³/mol. The van der Waals surface area contributed by atoms with Crippen molar-refractivity contribution < 1.29 is 4.79 Å². The number of rotatable bonds is 6. The molecule has 0 spiro atoms. The molecule has 0 fully saturated rings. The molecule has 1 nitrogen and oxygen atoms in total. The molecular formula is C14H18OS. The van der Waals surface area contributed by atoms with E-state index in [0.29, 0.717) is 5.92 Å². The lowest BCUT2D eigenvalue weighted by molar-refractivity contribution is -0.104. The van der Waals surface area contributed by atoms with E-state index in [-0.39, 0.29) is 0 Å². The maximum absolute atomic E-state index is 10.6. The Bertz CT molecular complexity index is 341. The zero-order valence-electron chi connectivity index (χ0n) is 9.85. The van der Waals surface area contributed by atoms with Gasteiger partial charge in [0.25, 0.3) is 0 Å². The van der Waals surface area contributed by atoms with Crippen LogP contribution in [0, 0.1) is 5.92 Å². The lowest BCUT2D eigenvalue weighted by Crippen LogP contribution is -1.88. The summed E-state index contributed by atoms with van der Waals surface area (Å²) in [6, 6.07) is 10.2. The first-order valence-electron chi connectivity index (χ1n) is 5.59. The summed E-state index contributed by atoms with van der Waals surface area (Å²) in [5.41, 5.74) is 0. The summed E-state index contributed by atoms with van der Waals surface area (Å²) in [5, 5.41) is 0. The van der Waals surface area contributed by atoms with Gasteiger partial charge in [-0.25, -0.2) is 0 Å². The van der Waals surface area contributed by atoms with Crippen molar-refractivity contribution in [3.8, 4) is 0 Å². The molecule has 0 atom stereocenters. The maximum Gasteiger partial charge on any atom is 0.143 e. The highest BCUT2D eigenvalue weighted by Crippen LogP contribution is 2.30. The van der Waals surface area contributed by atoms with Gasteiger partial charge in [-0.2, -0.15) is 0 Å². The molecule has 0 aliphatic heterocycles. The molecule has 0 aliphatic carbocycles.